The molecular formula is C18H18Cl2N2O. The van der Waals surface area contributed by atoms with Gasteiger partial charge in [0.25, 0.3) is 0 Å². The van der Waals surface area contributed by atoms with Crippen molar-refractivity contribution in [3.8, 4) is 0 Å². The van der Waals surface area contributed by atoms with Gasteiger partial charge in [0.05, 0.1) is 16.8 Å². The molecule has 0 heterocycles. The number of benzene rings is 2. The van der Waals surface area contributed by atoms with Crippen molar-refractivity contribution in [1.29, 1.82) is 0 Å². The number of fused-ring (bicyclic) bond motifs is 1. The summed E-state index contributed by atoms with van der Waals surface area (Å²) in [5.74, 6) is -0.112. The molecule has 0 radical (unpaired) electrons. The number of nitrogens with one attached hydrogen (secondary N) is 2. The van der Waals surface area contributed by atoms with Crippen LogP contribution in [0.5, 0.6) is 0 Å². The number of carbonyl (C=O) groups is 1. The van der Waals surface area contributed by atoms with E-state index in [-0.39, 0.29) is 18.0 Å². The van der Waals surface area contributed by atoms with Gasteiger partial charge in [-0.1, -0.05) is 47.5 Å². The van der Waals surface area contributed by atoms with Crippen molar-refractivity contribution in [1.82, 2.24) is 5.32 Å². The molecule has 120 valence electrons. The van der Waals surface area contributed by atoms with Gasteiger partial charge < -0.3 is 5.32 Å². The average Bonchev–Trinajstić information content (AvgIpc) is 2.93. The van der Waals surface area contributed by atoms with Crippen LogP contribution >= 0.6 is 23.2 Å². The quantitative estimate of drug-likeness (QED) is 0.847. The maximum Gasteiger partial charge on any atom is 0.241 e. The predicted molar refractivity (Wildman–Crippen MR) is 95.2 cm³/mol. The smallest absolute Gasteiger partial charge is 0.241 e. The lowest BCUT2D eigenvalue weighted by atomic mass is 10.1. The number of hydrogen-bond acceptors (Lipinski definition) is 2. The highest BCUT2D eigenvalue weighted by Gasteiger charge is 2.25. The maximum atomic E-state index is 12.4. The molecular weight excluding hydrogens is 331 g/mol. The molecule has 2 aromatic carbocycles. The lowest BCUT2D eigenvalue weighted by Crippen LogP contribution is -2.39. The molecule has 3 nitrogen and oxygen atoms in total. The van der Waals surface area contributed by atoms with Crippen LogP contribution in [0.2, 0.25) is 10.0 Å². The fourth-order valence-electron chi connectivity index (χ4n) is 2.94. The molecule has 0 aromatic heterocycles. The molecule has 23 heavy (non-hydrogen) atoms. The molecule has 2 N–H and O–H groups in total. The zero-order chi connectivity index (χ0) is 16.4. The summed E-state index contributed by atoms with van der Waals surface area (Å²) in [7, 11) is 0. The van der Waals surface area contributed by atoms with Crippen molar-refractivity contribution >= 4 is 34.8 Å². The van der Waals surface area contributed by atoms with E-state index in [9.17, 15) is 4.79 Å². The fraction of sp³-hybridized carbons (Fsp3) is 0.278. The Morgan fingerprint density at radius 2 is 2.00 bits per heavy atom. The summed E-state index contributed by atoms with van der Waals surface area (Å²) in [5.41, 5.74) is 3.22. The van der Waals surface area contributed by atoms with E-state index in [0.717, 1.165) is 12.8 Å². The van der Waals surface area contributed by atoms with Crippen LogP contribution in [0.3, 0.4) is 0 Å². The first kappa shape index (κ1) is 16.3. The maximum absolute atomic E-state index is 12.4. The van der Waals surface area contributed by atoms with Gasteiger partial charge in [-0.2, -0.15) is 0 Å². The van der Waals surface area contributed by atoms with Crippen LogP contribution in [0, 0.1) is 0 Å². The van der Waals surface area contributed by atoms with Gasteiger partial charge in [0, 0.05) is 11.1 Å². The third-order valence-corrected chi connectivity index (χ3v) is 4.71. The lowest BCUT2D eigenvalue weighted by molar-refractivity contribution is -0.118. The molecule has 0 saturated heterocycles. The fourth-order valence-corrected chi connectivity index (χ4v) is 3.40. The Balaban J connectivity index is 1.64. The first-order chi connectivity index (χ1) is 11.0. The molecule has 0 unspecified atom stereocenters. The second-order valence-corrected chi connectivity index (χ2v) is 6.64. The van der Waals surface area contributed by atoms with Crippen LogP contribution in [0.4, 0.5) is 5.69 Å². The van der Waals surface area contributed by atoms with Crippen molar-refractivity contribution in [2.45, 2.75) is 31.8 Å². The van der Waals surface area contributed by atoms with E-state index in [2.05, 4.69) is 28.8 Å². The van der Waals surface area contributed by atoms with Crippen molar-refractivity contribution in [2.75, 3.05) is 5.32 Å². The zero-order valence-electron chi connectivity index (χ0n) is 12.8. The molecule has 0 fully saturated rings. The Morgan fingerprint density at radius 3 is 2.78 bits per heavy atom. The first-order valence-electron chi connectivity index (χ1n) is 7.64. The van der Waals surface area contributed by atoms with Crippen LogP contribution in [0.25, 0.3) is 0 Å². The van der Waals surface area contributed by atoms with Crippen LogP contribution < -0.4 is 10.6 Å². The summed E-state index contributed by atoms with van der Waals surface area (Å²) in [6, 6.07) is 13.3. The van der Waals surface area contributed by atoms with Gasteiger partial charge in [0.2, 0.25) is 5.91 Å². The first-order valence-corrected chi connectivity index (χ1v) is 8.40. The molecule has 3 rings (SSSR count). The summed E-state index contributed by atoms with van der Waals surface area (Å²) in [6.07, 6.45) is 2.06. The number of anilines is 1. The Hall–Kier alpha value is -1.55. The molecule has 5 heteroatoms. The van der Waals surface area contributed by atoms with Gasteiger partial charge in [-0.25, -0.2) is 0 Å². The third-order valence-electron chi connectivity index (χ3n) is 4.17. The Bertz CT molecular complexity index is 733. The largest absolute Gasteiger partial charge is 0.323 e. The molecule has 0 bridgehead atoms. The Labute approximate surface area is 146 Å². The highest BCUT2D eigenvalue weighted by Crippen LogP contribution is 2.31. The highest BCUT2D eigenvalue weighted by atomic mass is 35.5. The lowest BCUT2D eigenvalue weighted by Gasteiger charge is -2.20. The minimum absolute atomic E-state index is 0.112. The second kappa shape index (κ2) is 6.91. The number of rotatable bonds is 4. The van der Waals surface area contributed by atoms with E-state index in [1.54, 1.807) is 18.2 Å². The molecule has 2 aromatic rings. The number of aryl methyl sites for hydroxylation is 1. The summed E-state index contributed by atoms with van der Waals surface area (Å²) in [4.78, 5) is 12.4. The van der Waals surface area contributed by atoms with Gasteiger partial charge in [0.15, 0.2) is 0 Å². The van der Waals surface area contributed by atoms with Crippen LogP contribution in [-0.4, -0.2) is 11.9 Å². The predicted octanol–water partition coefficient (Wildman–Crippen LogP) is 4.60. The Morgan fingerprint density at radius 1 is 1.22 bits per heavy atom. The van der Waals surface area contributed by atoms with Crippen molar-refractivity contribution < 1.29 is 4.79 Å². The number of hydrogen-bond donors (Lipinski definition) is 2. The monoisotopic (exact) mass is 348 g/mol. The SMILES string of the molecule is C[C@@H](N[C@@H]1CCc2ccccc21)C(=O)Nc1ccc(Cl)cc1Cl. The normalized spacial score (nSPS) is 17.6. The summed E-state index contributed by atoms with van der Waals surface area (Å²) < 4.78 is 0. The number of halogens is 2. The van der Waals surface area contributed by atoms with E-state index < -0.39 is 0 Å². The van der Waals surface area contributed by atoms with E-state index in [1.807, 2.05) is 13.0 Å². The van der Waals surface area contributed by atoms with Crippen molar-refractivity contribution in [2.24, 2.45) is 0 Å². The van der Waals surface area contributed by atoms with Gasteiger partial charge >= 0.3 is 0 Å². The third kappa shape index (κ3) is 3.69. The van der Waals surface area contributed by atoms with E-state index >= 15 is 0 Å². The van der Waals surface area contributed by atoms with E-state index in [0.29, 0.717) is 15.7 Å². The summed E-state index contributed by atoms with van der Waals surface area (Å²) in [6.45, 7) is 1.86. The summed E-state index contributed by atoms with van der Waals surface area (Å²) >= 11 is 12.0. The van der Waals surface area contributed by atoms with Crippen molar-refractivity contribution in [3.05, 3.63) is 63.6 Å². The summed E-state index contributed by atoms with van der Waals surface area (Å²) in [5, 5.41) is 7.23. The highest BCUT2D eigenvalue weighted by molar-refractivity contribution is 6.36. The van der Waals surface area contributed by atoms with Gasteiger partial charge in [-0.05, 0) is 49.1 Å². The minimum atomic E-state index is -0.321. The Kier molecular flexibility index (Phi) is 4.90. The number of amides is 1. The van der Waals surface area contributed by atoms with Crippen LogP contribution in [-0.2, 0) is 11.2 Å². The zero-order valence-corrected chi connectivity index (χ0v) is 14.3. The molecule has 2 atom stereocenters. The topological polar surface area (TPSA) is 41.1 Å². The number of carbonyl (C=O) groups excluding carboxylic acids is 1. The van der Waals surface area contributed by atoms with E-state index in [4.69, 9.17) is 23.2 Å². The second-order valence-electron chi connectivity index (χ2n) is 5.79. The van der Waals surface area contributed by atoms with Crippen LogP contribution in [0.15, 0.2) is 42.5 Å². The molecule has 1 aliphatic carbocycles. The molecule has 1 aliphatic rings. The van der Waals surface area contributed by atoms with Gasteiger partial charge in [0.1, 0.15) is 0 Å². The molecule has 0 saturated carbocycles. The van der Waals surface area contributed by atoms with Gasteiger partial charge in [-0.3, -0.25) is 10.1 Å². The molecule has 0 spiro atoms. The van der Waals surface area contributed by atoms with Gasteiger partial charge in [-0.15, -0.1) is 0 Å². The van der Waals surface area contributed by atoms with Crippen molar-refractivity contribution in [3.63, 3.8) is 0 Å². The standard InChI is InChI=1S/C18H18Cl2N2O/c1-11(18(23)22-17-9-7-13(19)10-15(17)20)21-16-8-6-12-4-2-3-5-14(12)16/h2-5,7,9-11,16,21H,6,8H2,1H3,(H,22,23)/t11-,16-/m1/s1. The molecule has 0 aliphatic heterocycles. The average molecular weight is 349 g/mol. The molecule has 1 amide bonds. The van der Waals surface area contributed by atoms with E-state index in [1.165, 1.54) is 11.1 Å². The van der Waals surface area contributed by atoms with Crippen LogP contribution in [0.1, 0.15) is 30.5 Å². The minimum Gasteiger partial charge on any atom is -0.323 e.